The van der Waals surface area contributed by atoms with Crippen LogP contribution in [0.15, 0.2) is 109 Å². The molecular weight excluding hydrogens is 360 g/mol. The molecule has 0 spiro atoms. The van der Waals surface area contributed by atoms with Crippen molar-refractivity contribution in [2.45, 2.75) is 12.3 Å². The SMILES string of the molecule is C(=C1c2ccccc2CC1c1ccc2cccccc1-2)c1ccc2cccccc1-2. The average molecular weight is 383 g/mol. The van der Waals surface area contributed by atoms with Crippen molar-refractivity contribution in [1.82, 2.24) is 0 Å². The van der Waals surface area contributed by atoms with Crippen LogP contribution in [0.2, 0.25) is 0 Å². The molecule has 30 heavy (non-hydrogen) atoms. The molecule has 0 heteroatoms. The van der Waals surface area contributed by atoms with Crippen LogP contribution in [-0.2, 0) is 6.42 Å². The van der Waals surface area contributed by atoms with Gasteiger partial charge in [0.2, 0.25) is 0 Å². The van der Waals surface area contributed by atoms with Crippen LogP contribution < -0.4 is 0 Å². The molecule has 0 heterocycles. The number of hydrogen-bond donors (Lipinski definition) is 0. The van der Waals surface area contributed by atoms with Crippen molar-refractivity contribution in [3.63, 3.8) is 0 Å². The molecule has 5 aliphatic rings. The highest BCUT2D eigenvalue weighted by Crippen LogP contribution is 2.48. The molecule has 0 saturated heterocycles. The van der Waals surface area contributed by atoms with Crippen molar-refractivity contribution in [3.8, 4) is 22.3 Å². The molecule has 0 fully saturated rings. The Balaban J connectivity index is 1.54. The van der Waals surface area contributed by atoms with Crippen molar-refractivity contribution in [2.75, 3.05) is 0 Å². The van der Waals surface area contributed by atoms with Crippen molar-refractivity contribution in [3.05, 3.63) is 131 Å². The van der Waals surface area contributed by atoms with Gasteiger partial charge in [-0.25, -0.2) is 0 Å². The largest absolute Gasteiger partial charge is 0.0622 e. The zero-order valence-corrected chi connectivity index (χ0v) is 16.8. The molecular formula is C30H22. The Morgan fingerprint density at radius 2 is 1.17 bits per heavy atom. The molecule has 0 N–H and O–H groups in total. The second-order valence-corrected chi connectivity index (χ2v) is 8.15. The molecule has 0 saturated carbocycles. The quantitative estimate of drug-likeness (QED) is 0.292. The van der Waals surface area contributed by atoms with Crippen molar-refractivity contribution < 1.29 is 0 Å². The molecule has 0 radical (unpaired) electrons. The van der Waals surface area contributed by atoms with Crippen LogP contribution >= 0.6 is 0 Å². The molecule has 142 valence electrons. The van der Waals surface area contributed by atoms with Gasteiger partial charge in [0.1, 0.15) is 0 Å². The van der Waals surface area contributed by atoms with Gasteiger partial charge >= 0.3 is 0 Å². The Bertz CT molecular complexity index is 1320. The van der Waals surface area contributed by atoms with E-state index in [2.05, 4.69) is 115 Å². The summed E-state index contributed by atoms with van der Waals surface area (Å²) in [6.07, 6.45) is 3.49. The topological polar surface area (TPSA) is 0 Å². The number of hydrogen-bond acceptors (Lipinski definition) is 0. The van der Waals surface area contributed by atoms with Gasteiger partial charge in [-0.15, -0.1) is 0 Å². The molecule has 0 aromatic heterocycles. The summed E-state index contributed by atoms with van der Waals surface area (Å²) in [5.74, 6) is 0.379. The fourth-order valence-electron chi connectivity index (χ4n) is 5.03. The lowest BCUT2D eigenvalue weighted by atomic mass is 9.89. The first-order chi connectivity index (χ1) is 14.9. The van der Waals surface area contributed by atoms with Crippen LogP contribution in [0, 0.1) is 0 Å². The summed E-state index contributed by atoms with van der Waals surface area (Å²) in [5.41, 5.74) is 12.3. The average Bonchev–Trinajstić information content (AvgIpc) is 3.32. The molecule has 0 amide bonds. The smallest absolute Gasteiger partial charge is 0.0142 e. The van der Waals surface area contributed by atoms with Crippen LogP contribution in [0.25, 0.3) is 33.9 Å². The standard InChI is InChI=1S/C30H22/c1-3-9-21-15-16-24(25(21)12-5-1)20-29-27-14-8-7-11-23(27)19-30(29)28-18-17-22-10-4-2-6-13-26(22)28/h1-18,20,30H,19H2. The van der Waals surface area contributed by atoms with Gasteiger partial charge in [0, 0.05) is 5.92 Å². The lowest BCUT2D eigenvalue weighted by Gasteiger charge is -2.14. The summed E-state index contributed by atoms with van der Waals surface area (Å²) in [7, 11) is 0. The first-order valence-corrected chi connectivity index (χ1v) is 10.6. The first kappa shape index (κ1) is 17.2. The molecule has 0 bridgehead atoms. The minimum Gasteiger partial charge on any atom is -0.0622 e. The van der Waals surface area contributed by atoms with E-state index in [1.807, 2.05) is 0 Å². The third-order valence-corrected chi connectivity index (χ3v) is 6.46. The van der Waals surface area contributed by atoms with E-state index < -0.39 is 0 Å². The van der Waals surface area contributed by atoms with E-state index in [4.69, 9.17) is 0 Å². The van der Waals surface area contributed by atoms with Crippen molar-refractivity contribution in [1.29, 1.82) is 0 Å². The van der Waals surface area contributed by atoms with Crippen LogP contribution in [0.4, 0.5) is 0 Å². The fourth-order valence-corrected chi connectivity index (χ4v) is 5.03. The van der Waals surface area contributed by atoms with Crippen LogP contribution in [0.3, 0.4) is 0 Å². The van der Waals surface area contributed by atoms with Gasteiger partial charge in [-0.2, -0.15) is 0 Å². The molecule has 1 aromatic rings. The Labute approximate surface area is 177 Å². The third-order valence-electron chi connectivity index (χ3n) is 6.46. The van der Waals surface area contributed by atoms with Gasteiger partial charge in [-0.05, 0) is 62.6 Å². The second-order valence-electron chi connectivity index (χ2n) is 8.15. The Morgan fingerprint density at radius 3 is 2.03 bits per heavy atom. The molecule has 6 rings (SSSR count). The van der Waals surface area contributed by atoms with Gasteiger partial charge in [-0.1, -0.05) is 109 Å². The Morgan fingerprint density at radius 1 is 0.533 bits per heavy atom. The minimum atomic E-state index is 0.379. The second kappa shape index (κ2) is 7.00. The Kier molecular flexibility index (Phi) is 4.02. The monoisotopic (exact) mass is 382 g/mol. The summed E-state index contributed by atoms with van der Waals surface area (Å²) in [5, 5.41) is 0. The van der Waals surface area contributed by atoms with Gasteiger partial charge in [0.25, 0.3) is 0 Å². The summed E-state index contributed by atoms with van der Waals surface area (Å²) in [6, 6.07) is 39.7. The highest BCUT2D eigenvalue weighted by molar-refractivity contribution is 5.94. The van der Waals surface area contributed by atoms with Crippen LogP contribution in [0.1, 0.15) is 28.2 Å². The molecule has 0 aliphatic heterocycles. The molecule has 1 unspecified atom stereocenters. The zero-order chi connectivity index (χ0) is 19.9. The molecule has 1 aromatic carbocycles. The van der Waals surface area contributed by atoms with Gasteiger partial charge in [0.15, 0.2) is 0 Å². The fraction of sp³-hybridized carbons (Fsp3) is 0.0667. The maximum absolute atomic E-state index is 2.43. The van der Waals surface area contributed by atoms with E-state index in [1.165, 1.54) is 50.1 Å². The summed E-state index contributed by atoms with van der Waals surface area (Å²) in [4.78, 5) is 0. The zero-order valence-electron chi connectivity index (χ0n) is 16.8. The van der Waals surface area contributed by atoms with E-state index in [9.17, 15) is 0 Å². The lowest BCUT2D eigenvalue weighted by molar-refractivity contribution is 0.907. The van der Waals surface area contributed by atoms with Gasteiger partial charge < -0.3 is 0 Å². The predicted octanol–water partition coefficient (Wildman–Crippen LogP) is 7.78. The number of fused-ring (bicyclic) bond motifs is 3. The van der Waals surface area contributed by atoms with Crippen LogP contribution in [0.5, 0.6) is 0 Å². The third kappa shape index (κ3) is 2.76. The van der Waals surface area contributed by atoms with E-state index in [0.717, 1.165) is 6.42 Å². The van der Waals surface area contributed by atoms with Crippen LogP contribution in [-0.4, -0.2) is 0 Å². The van der Waals surface area contributed by atoms with Gasteiger partial charge in [-0.3, -0.25) is 0 Å². The highest BCUT2D eigenvalue weighted by atomic mass is 14.3. The minimum absolute atomic E-state index is 0.379. The predicted molar refractivity (Wildman–Crippen MR) is 127 cm³/mol. The summed E-state index contributed by atoms with van der Waals surface area (Å²) < 4.78 is 0. The summed E-state index contributed by atoms with van der Waals surface area (Å²) in [6.45, 7) is 0. The molecule has 5 aliphatic carbocycles. The number of allylic oxidation sites excluding steroid dienone is 1. The maximum atomic E-state index is 2.43. The first-order valence-electron chi connectivity index (χ1n) is 10.6. The molecule has 0 nitrogen and oxygen atoms in total. The number of benzene rings is 1. The van der Waals surface area contributed by atoms with Crippen molar-refractivity contribution in [2.24, 2.45) is 0 Å². The van der Waals surface area contributed by atoms with E-state index >= 15 is 0 Å². The molecule has 1 atom stereocenters. The normalized spacial score (nSPS) is 16.9. The summed E-state index contributed by atoms with van der Waals surface area (Å²) >= 11 is 0. The number of rotatable bonds is 2. The maximum Gasteiger partial charge on any atom is 0.0142 e. The van der Waals surface area contributed by atoms with E-state index in [1.54, 1.807) is 0 Å². The van der Waals surface area contributed by atoms with E-state index in [0.29, 0.717) is 5.92 Å². The van der Waals surface area contributed by atoms with E-state index in [-0.39, 0.29) is 0 Å². The highest BCUT2D eigenvalue weighted by Gasteiger charge is 2.30. The Hall–Kier alpha value is -3.64. The van der Waals surface area contributed by atoms with Gasteiger partial charge in [0.05, 0.1) is 0 Å². The van der Waals surface area contributed by atoms with Crippen molar-refractivity contribution >= 4 is 11.6 Å². The lowest BCUT2D eigenvalue weighted by Crippen LogP contribution is -1.97.